The third-order valence-corrected chi connectivity index (χ3v) is 5.84. The molecular weight excluding hydrogens is 316 g/mol. The highest BCUT2D eigenvalue weighted by Crippen LogP contribution is 2.29. The molecule has 3 fully saturated rings. The maximum Gasteiger partial charge on any atom is 0.270 e. The summed E-state index contributed by atoms with van der Waals surface area (Å²) in [6, 6.07) is 4.13. The van der Waals surface area contributed by atoms with Crippen molar-refractivity contribution in [1.29, 1.82) is 0 Å². The SMILES string of the molecule is O=C(NC1CC2CCN(C2)C1)c1cc2cc(N3CCCC3)oc2cn1. The summed E-state index contributed by atoms with van der Waals surface area (Å²) < 4.78 is 5.90. The molecule has 1 amide bonds. The Hall–Kier alpha value is -2.08. The van der Waals surface area contributed by atoms with Crippen molar-refractivity contribution < 1.29 is 9.21 Å². The lowest BCUT2D eigenvalue weighted by Crippen LogP contribution is -2.47. The fourth-order valence-corrected chi connectivity index (χ4v) is 4.57. The number of amides is 1. The lowest BCUT2D eigenvalue weighted by atomic mass is 9.97. The van der Waals surface area contributed by atoms with E-state index in [0.29, 0.717) is 5.69 Å². The average molecular weight is 340 g/mol. The first kappa shape index (κ1) is 15.2. The molecule has 3 aliphatic rings. The molecule has 0 saturated carbocycles. The van der Waals surface area contributed by atoms with Gasteiger partial charge >= 0.3 is 0 Å². The number of carbonyl (C=O) groups is 1. The third-order valence-electron chi connectivity index (χ3n) is 5.84. The largest absolute Gasteiger partial charge is 0.439 e. The van der Waals surface area contributed by atoms with Crippen LogP contribution in [0.1, 0.15) is 36.2 Å². The van der Waals surface area contributed by atoms with E-state index in [9.17, 15) is 4.79 Å². The van der Waals surface area contributed by atoms with Gasteiger partial charge in [0.2, 0.25) is 0 Å². The molecule has 5 rings (SSSR count). The van der Waals surface area contributed by atoms with Crippen LogP contribution in [0.25, 0.3) is 11.0 Å². The molecule has 3 atom stereocenters. The van der Waals surface area contributed by atoms with Crippen molar-refractivity contribution in [2.75, 3.05) is 37.6 Å². The normalized spacial score (nSPS) is 28.6. The molecule has 0 radical (unpaired) electrons. The number of furan rings is 1. The molecule has 5 heterocycles. The molecule has 132 valence electrons. The standard InChI is InChI=1S/C19H24N4O2/c24-19(21-15-7-13-3-6-22(11-13)12-15)16-8-14-9-18(23-4-1-2-5-23)25-17(14)10-20-16/h8-10,13,15H,1-7,11-12H2,(H,21,24). The first-order valence-electron chi connectivity index (χ1n) is 9.42. The first-order chi connectivity index (χ1) is 12.2. The monoisotopic (exact) mass is 340 g/mol. The van der Waals surface area contributed by atoms with Gasteiger partial charge in [0.15, 0.2) is 11.5 Å². The highest BCUT2D eigenvalue weighted by Gasteiger charge is 2.33. The fourth-order valence-electron chi connectivity index (χ4n) is 4.57. The van der Waals surface area contributed by atoms with Gasteiger partial charge in [0.05, 0.1) is 6.20 Å². The maximum atomic E-state index is 12.6. The van der Waals surface area contributed by atoms with Crippen molar-refractivity contribution in [3.05, 3.63) is 24.0 Å². The van der Waals surface area contributed by atoms with Gasteiger partial charge in [-0.15, -0.1) is 0 Å². The summed E-state index contributed by atoms with van der Waals surface area (Å²) in [5.74, 6) is 1.56. The van der Waals surface area contributed by atoms with Gasteiger partial charge < -0.3 is 19.5 Å². The Morgan fingerprint density at radius 1 is 1.20 bits per heavy atom. The highest BCUT2D eigenvalue weighted by atomic mass is 16.4. The number of fused-ring (bicyclic) bond motifs is 3. The van der Waals surface area contributed by atoms with Gasteiger partial charge in [-0.1, -0.05) is 0 Å². The average Bonchev–Trinajstić information content (AvgIpc) is 3.33. The number of rotatable bonds is 3. The van der Waals surface area contributed by atoms with Crippen molar-refractivity contribution >= 4 is 22.8 Å². The van der Waals surface area contributed by atoms with E-state index in [2.05, 4.69) is 20.1 Å². The number of pyridine rings is 1. The van der Waals surface area contributed by atoms with E-state index in [1.54, 1.807) is 6.20 Å². The van der Waals surface area contributed by atoms with Crippen LogP contribution in [0.5, 0.6) is 0 Å². The number of nitrogens with one attached hydrogen (secondary N) is 1. The van der Waals surface area contributed by atoms with Crippen LogP contribution in [-0.4, -0.2) is 54.6 Å². The van der Waals surface area contributed by atoms with E-state index < -0.39 is 0 Å². The Morgan fingerprint density at radius 2 is 2.08 bits per heavy atom. The lowest BCUT2D eigenvalue weighted by Gasteiger charge is -2.30. The summed E-state index contributed by atoms with van der Waals surface area (Å²) in [7, 11) is 0. The third kappa shape index (κ3) is 2.88. The molecular formula is C19H24N4O2. The molecule has 3 saturated heterocycles. The predicted octanol–water partition coefficient (Wildman–Crippen LogP) is 2.25. The topological polar surface area (TPSA) is 61.6 Å². The molecule has 6 nitrogen and oxygen atoms in total. The minimum absolute atomic E-state index is 0.0710. The Kier molecular flexibility index (Phi) is 3.66. The molecule has 0 aromatic carbocycles. The summed E-state index contributed by atoms with van der Waals surface area (Å²) in [5, 5.41) is 4.13. The second-order valence-corrected chi connectivity index (χ2v) is 7.71. The van der Waals surface area contributed by atoms with Crippen LogP contribution in [0, 0.1) is 5.92 Å². The van der Waals surface area contributed by atoms with Crippen LogP contribution in [0.3, 0.4) is 0 Å². The highest BCUT2D eigenvalue weighted by molar-refractivity contribution is 5.96. The number of nitrogens with zero attached hydrogens (tertiary/aromatic N) is 3. The van der Waals surface area contributed by atoms with Gasteiger partial charge in [-0.25, -0.2) is 4.98 Å². The second-order valence-electron chi connectivity index (χ2n) is 7.71. The molecule has 1 N–H and O–H groups in total. The van der Waals surface area contributed by atoms with Gasteiger partial charge in [-0.3, -0.25) is 4.79 Å². The number of hydrogen-bond donors (Lipinski definition) is 1. The molecule has 2 bridgehead atoms. The van der Waals surface area contributed by atoms with Gasteiger partial charge in [-0.05, 0) is 44.2 Å². The van der Waals surface area contributed by atoms with Crippen LogP contribution in [0.2, 0.25) is 0 Å². The fraction of sp³-hybridized carbons (Fsp3) is 0.579. The van der Waals surface area contributed by atoms with Crippen molar-refractivity contribution in [3.63, 3.8) is 0 Å². The van der Waals surface area contributed by atoms with E-state index in [4.69, 9.17) is 4.42 Å². The number of carbonyl (C=O) groups excluding carboxylic acids is 1. The number of aromatic nitrogens is 1. The second kappa shape index (κ2) is 6.02. The molecule has 3 unspecified atom stereocenters. The van der Waals surface area contributed by atoms with E-state index in [1.807, 2.05) is 12.1 Å². The molecule has 2 aromatic heterocycles. The molecule has 6 heteroatoms. The Labute approximate surface area is 147 Å². The quantitative estimate of drug-likeness (QED) is 0.929. The van der Waals surface area contributed by atoms with Gasteiger partial charge in [0, 0.05) is 43.7 Å². The zero-order valence-corrected chi connectivity index (χ0v) is 14.4. The van der Waals surface area contributed by atoms with Crippen LogP contribution in [0.15, 0.2) is 22.7 Å². The van der Waals surface area contributed by atoms with Crippen molar-refractivity contribution in [1.82, 2.24) is 15.2 Å². The predicted molar refractivity (Wildman–Crippen MR) is 95.9 cm³/mol. The Balaban J connectivity index is 1.32. The molecule has 0 spiro atoms. The maximum absolute atomic E-state index is 12.6. The zero-order chi connectivity index (χ0) is 16.8. The minimum Gasteiger partial charge on any atom is -0.439 e. The van der Waals surface area contributed by atoms with Crippen LogP contribution < -0.4 is 10.2 Å². The van der Waals surface area contributed by atoms with Crippen molar-refractivity contribution in [2.24, 2.45) is 5.92 Å². The summed E-state index contributed by atoms with van der Waals surface area (Å²) in [6.07, 6.45) is 6.46. The molecule has 0 aliphatic carbocycles. The van der Waals surface area contributed by atoms with E-state index in [1.165, 1.54) is 32.4 Å². The van der Waals surface area contributed by atoms with Crippen LogP contribution >= 0.6 is 0 Å². The van der Waals surface area contributed by atoms with Crippen LogP contribution in [0.4, 0.5) is 5.88 Å². The van der Waals surface area contributed by atoms with E-state index >= 15 is 0 Å². The van der Waals surface area contributed by atoms with Crippen molar-refractivity contribution in [3.8, 4) is 0 Å². The molecule has 3 aliphatic heterocycles. The summed E-state index contributed by atoms with van der Waals surface area (Å²) in [5.41, 5.74) is 1.23. The summed E-state index contributed by atoms with van der Waals surface area (Å²) in [4.78, 5) is 21.7. The van der Waals surface area contributed by atoms with E-state index in [0.717, 1.165) is 48.8 Å². The minimum atomic E-state index is -0.0710. The number of piperidine rings is 1. The Bertz CT molecular complexity index is 784. The van der Waals surface area contributed by atoms with Crippen molar-refractivity contribution in [2.45, 2.75) is 31.7 Å². The van der Waals surface area contributed by atoms with Crippen LogP contribution in [-0.2, 0) is 0 Å². The summed E-state index contributed by atoms with van der Waals surface area (Å²) >= 11 is 0. The number of anilines is 1. The molecule has 25 heavy (non-hydrogen) atoms. The van der Waals surface area contributed by atoms with Gasteiger partial charge in [0.25, 0.3) is 5.91 Å². The lowest BCUT2D eigenvalue weighted by molar-refractivity contribution is 0.0904. The zero-order valence-electron chi connectivity index (χ0n) is 14.4. The summed E-state index contributed by atoms with van der Waals surface area (Å²) in [6.45, 7) is 5.43. The first-order valence-corrected chi connectivity index (χ1v) is 9.42. The van der Waals surface area contributed by atoms with Gasteiger partial charge in [-0.2, -0.15) is 0 Å². The van der Waals surface area contributed by atoms with Gasteiger partial charge in [0.1, 0.15) is 5.69 Å². The van der Waals surface area contributed by atoms with E-state index in [-0.39, 0.29) is 11.9 Å². The number of hydrogen-bond acceptors (Lipinski definition) is 5. The Morgan fingerprint density at radius 3 is 2.92 bits per heavy atom. The smallest absolute Gasteiger partial charge is 0.270 e. The molecule has 2 aromatic rings.